The number of aryl methyl sites for hydroxylation is 1. The van der Waals surface area contributed by atoms with Gasteiger partial charge in [0.15, 0.2) is 5.95 Å². The standard InChI is InChI=1S/C21H39N3O.ClH/c1-3-5-7-9-12-18(13-10-8-6-4-2)16-20(25)15-11-14-19-17-23-21(22)24-19;/h17-18H,3-16H2,1-2H3,(H3,22,23,24);1H. The summed E-state index contributed by atoms with van der Waals surface area (Å²) in [6.45, 7) is 4.50. The third-order valence-corrected chi connectivity index (χ3v) is 5.00. The number of H-pyrrole nitrogens is 1. The number of carbonyl (C=O) groups excluding carboxylic acids is 1. The smallest absolute Gasteiger partial charge is 0.197 e. The predicted octanol–water partition coefficient (Wildman–Crippen LogP) is 6.25. The van der Waals surface area contributed by atoms with Crippen molar-refractivity contribution in [3.8, 4) is 0 Å². The van der Waals surface area contributed by atoms with Crippen LogP contribution >= 0.6 is 12.4 Å². The van der Waals surface area contributed by atoms with E-state index in [1.54, 1.807) is 6.20 Å². The number of unbranched alkanes of at least 4 members (excludes halogenated alkanes) is 6. The first-order valence-electron chi connectivity index (χ1n) is 10.5. The van der Waals surface area contributed by atoms with Crippen molar-refractivity contribution in [3.63, 3.8) is 0 Å². The summed E-state index contributed by atoms with van der Waals surface area (Å²) < 4.78 is 0. The number of hydrogen-bond donors (Lipinski definition) is 2. The number of ketones is 1. The minimum atomic E-state index is 0. The third-order valence-electron chi connectivity index (χ3n) is 5.00. The molecule has 0 radical (unpaired) electrons. The van der Waals surface area contributed by atoms with E-state index in [9.17, 15) is 4.79 Å². The number of nitrogens with zero attached hydrogens (tertiary/aromatic N) is 1. The molecule has 0 amide bonds. The van der Waals surface area contributed by atoms with E-state index in [0.29, 0.717) is 24.1 Å². The van der Waals surface area contributed by atoms with Crippen molar-refractivity contribution in [2.24, 2.45) is 5.92 Å². The van der Waals surface area contributed by atoms with Crippen LogP contribution in [-0.4, -0.2) is 15.8 Å². The molecule has 0 saturated carbocycles. The largest absolute Gasteiger partial charge is 0.369 e. The first-order chi connectivity index (χ1) is 12.2. The molecule has 0 bridgehead atoms. The van der Waals surface area contributed by atoms with Gasteiger partial charge in [0.1, 0.15) is 5.78 Å². The van der Waals surface area contributed by atoms with Crippen molar-refractivity contribution in [3.05, 3.63) is 11.9 Å². The summed E-state index contributed by atoms with van der Waals surface area (Å²) in [5.74, 6) is 1.49. The van der Waals surface area contributed by atoms with Crippen LogP contribution in [0.25, 0.3) is 0 Å². The number of nitrogens with one attached hydrogen (secondary N) is 1. The lowest BCUT2D eigenvalue weighted by molar-refractivity contribution is -0.120. The van der Waals surface area contributed by atoms with Crippen molar-refractivity contribution in [2.75, 3.05) is 5.73 Å². The number of rotatable bonds is 16. The lowest BCUT2D eigenvalue weighted by Crippen LogP contribution is -2.09. The van der Waals surface area contributed by atoms with E-state index >= 15 is 0 Å². The molecule has 0 fully saturated rings. The molecule has 0 spiro atoms. The van der Waals surface area contributed by atoms with Gasteiger partial charge in [-0.2, -0.15) is 0 Å². The molecule has 26 heavy (non-hydrogen) atoms. The molecule has 4 nitrogen and oxygen atoms in total. The van der Waals surface area contributed by atoms with E-state index in [0.717, 1.165) is 25.0 Å². The summed E-state index contributed by atoms with van der Waals surface area (Å²) in [5, 5.41) is 0. The molecule has 0 aliphatic rings. The molecule has 1 aromatic heterocycles. The molecule has 3 N–H and O–H groups in total. The van der Waals surface area contributed by atoms with Crippen LogP contribution < -0.4 is 5.73 Å². The minimum Gasteiger partial charge on any atom is -0.369 e. The topological polar surface area (TPSA) is 71.8 Å². The Morgan fingerprint density at radius 3 is 2.15 bits per heavy atom. The normalized spacial score (nSPS) is 10.9. The number of Topliss-reactive ketones (excluding diaryl/α,β-unsaturated/α-hetero) is 1. The van der Waals surface area contributed by atoms with Crippen LogP contribution in [0.4, 0.5) is 5.95 Å². The third kappa shape index (κ3) is 12.3. The summed E-state index contributed by atoms with van der Waals surface area (Å²) in [4.78, 5) is 19.4. The molecule has 152 valence electrons. The van der Waals surface area contributed by atoms with Gasteiger partial charge in [0.25, 0.3) is 0 Å². The maximum atomic E-state index is 12.4. The van der Waals surface area contributed by atoms with Gasteiger partial charge >= 0.3 is 0 Å². The number of aromatic nitrogens is 2. The summed E-state index contributed by atoms with van der Waals surface area (Å²) in [6, 6.07) is 0. The van der Waals surface area contributed by atoms with E-state index in [1.807, 2.05) is 0 Å². The second-order valence-electron chi connectivity index (χ2n) is 7.45. The van der Waals surface area contributed by atoms with Crippen molar-refractivity contribution in [2.45, 2.75) is 104 Å². The second kappa shape index (κ2) is 16.2. The van der Waals surface area contributed by atoms with Gasteiger partial charge in [-0.1, -0.05) is 78.1 Å². The average molecular weight is 386 g/mol. The van der Waals surface area contributed by atoms with Gasteiger partial charge in [-0.05, 0) is 18.8 Å². The molecule has 1 aromatic rings. The molecule has 5 heteroatoms. The average Bonchev–Trinajstić information content (AvgIpc) is 3.00. The quantitative estimate of drug-likeness (QED) is 0.330. The summed E-state index contributed by atoms with van der Waals surface area (Å²) in [5.41, 5.74) is 6.61. The molecule has 0 aliphatic heterocycles. The number of nitrogens with two attached hydrogens (primary N) is 1. The highest BCUT2D eigenvalue weighted by atomic mass is 35.5. The van der Waals surface area contributed by atoms with Crippen LogP contribution in [0.1, 0.15) is 103 Å². The van der Waals surface area contributed by atoms with Crippen LogP contribution in [-0.2, 0) is 11.2 Å². The first-order valence-corrected chi connectivity index (χ1v) is 10.5. The second-order valence-corrected chi connectivity index (χ2v) is 7.45. The van der Waals surface area contributed by atoms with Crippen molar-refractivity contribution in [1.82, 2.24) is 9.97 Å². The Morgan fingerprint density at radius 1 is 1.04 bits per heavy atom. The molecule has 0 aliphatic carbocycles. The summed E-state index contributed by atoms with van der Waals surface area (Å²) in [7, 11) is 0. The highest BCUT2D eigenvalue weighted by molar-refractivity contribution is 5.85. The fraction of sp³-hybridized carbons (Fsp3) is 0.810. The van der Waals surface area contributed by atoms with Gasteiger partial charge in [0.05, 0.1) is 6.20 Å². The number of imidazole rings is 1. The summed E-state index contributed by atoms with van der Waals surface area (Å²) >= 11 is 0. The lowest BCUT2D eigenvalue weighted by atomic mass is 9.89. The number of anilines is 1. The molecule has 0 unspecified atom stereocenters. The van der Waals surface area contributed by atoms with E-state index < -0.39 is 0 Å². The molecule has 1 heterocycles. The van der Waals surface area contributed by atoms with Gasteiger partial charge in [-0.15, -0.1) is 12.4 Å². The predicted molar refractivity (Wildman–Crippen MR) is 114 cm³/mol. The number of nitrogen functional groups attached to an aromatic ring is 1. The Hall–Kier alpha value is -1.03. The van der Waals surface area contributed by atoms with Crippen molar-refractivity contribution < 1.29 is 4.79 Å². The fourth-order valence-electron chi connectivity index (χ4n) is 3.47. The van der Waals surface area contributed by atoms with Crippen LogP contribution in [0.3, 0.4) is 0 Å². The number of hydrogen-bond acceptors (Lipinski definition) is 3. The van der Waals surface area contributed by atoms with Gasteiger partial charge in [-0.3, -0.25) is 4.79 Å². The molecule has 0 saturated heterocycles. The lowest BCUT2D eigenvalue weighted by Gasteiger charge is -2.16. The van der Waals surface area contributed by atoms with Gasteiger partial charge in [0.2, 0.25) is 0 Å². The zero-order valence-electron chi connectivity index (χ0n) is 16.9. The molecule has 0 atom stereocenters. The van der Waals surface area contributed by atoms with Crippen molar-refractivity contribution in [1.29, 1.82) is 0 Å². The van der Waals surface area contributed by atoms with Crippen LogP contribution in [0.5, 0.6) is 0 Å². The van der Waals surface area contributed by atoms with E-state index in [2.05, 4.69) is 23.8 Å². The maximum Gasteiger partial charge on any atom is 0.197 e. The Balaban J connectivity index is 0.00000625. The zero-order valence-corrected chi connectivity index (χ0v) is 17.7. The highest BCUT2D eigenvalue weighted by Crippen LogP contribution is 2.23. The minimum absolute atomic E-state index is 0. The Labute approximate surface area is 166 Å². The van der Waals surface area contributed by atoms with E-state index in [1.165, 1.54) is 64.2 Å². The van der Waals surface area contributed by atoms with Gasteiger partial charge in [0, 0.05) is 18.5 Å². The monoisotopic (exact) mass is 385 g/mol. The van der Waals surface area contributed by atoms with Gasteiger partial charge < -0.3 is 10.7 Å². The molecular weight excluding hydrogens is 346 g/mol. The van der Waals surface area contributed by atoms with Gasteiger partial charge in [-0.25, -0.2) is 4.98 Å². The first kappa shape index (κ1) is 25.0. The number of halogens is 1. The SMILES string of the molecule is CCCCCCC(CCCCCC)CC(=O)CCCc1cnc(N)[nH]1.Cl. The van der Waals surface area contributed by atoms with Crippen LogP contribution in [0, 0.1) is 5.92 Å². The summed E-state index contributed by atoms with van der Waals surface area (Å²) in [6.07, 6.45) is 17.8. The number of aromatic amines is 1. The Kier molecular flexibility index (Phi) is 15.5. The molecular formula is C21H40ClN3O. The van der Waals surface area contributed by atoms with E-state index in [-0.39, 0.29) is 12.4 Å². The highest BCUT2D eigenvalue weighted by Gasteiger charge is 2.14. The van der Waals surface area contributed by atoms with Crippen LogP contribution in [0.2, 0.25) is 0 Å². The maximum absolute atomic E-state index is 12.4. The van der Waals surface area contributed by atoms with Crippen LogP contribution in [0.15, 0.2) is 6.20 Å². The number of carbonyl (C=O) groups is 1. The Morgan fingerprint density at radius 2 is 1.65 bits per heavy atom. The fourth-order valence-corrected chi connectivity index (χ4v) is 3.47. The Bertz CT molecular complexity index is 450. The zero-order chi connectivity index (χ0) is 18.3. The molecule has 0 aromatic carbocycles. The van der Waals surface area contributed by atoms with Crippen molar-refractivity contribution >= 4 is 24.1 Å². The van der Waals surface area contributed by atoms with E-state index in [4.69, 9.17) is 5.73 Å². The molecule has 1 rings (SSSR count).